The van der Waals surface area contributed by atoms with E-state index in [1.807, 2.05) is 72.8 Å². The topological polar surface area (TPSA) is 100 Å². The van der Waals surface area contributed by atoms with Gasteiger partial charge in [0.05, 0.1) is 6.26 Å². The van der Waals surface area contributed by atoms with E-state index in [0.29, 0.717) is 22.7 Å². The number of carbonyl (C=O) groups excluding carboxylic acids is 3. The van der Waals surface area contributed by atoms with Gasteiger partial charge in [-0.05, 0) is 78.4 Å². The molecule has 7 nitrogen and oxygen atoms in total. The van der Waals surface area contributed by atoms with Gasteiger partial charge in [0.1, 0.15) is 16.7 Å². The normalized spacial score (nSPS) is 11.8. The number of amides is 3. The minimum absolute atomic E-state index is 0.0241. The zero-order valence-electron chi connectivity index (χ0n) is 22.7. The number of hydrogen-bond donors (Lipinski definition) is 3. The monoisotopic (exact) mass is 651 g/mol. The van der Waals surface area contributed by atoms with Crippen molar-refractivity contribution >= 4 is 62.9 Å². The van der Waals surface area contributed by atoms with Crippen molar-refractivity contribution in [2.24, 2.45) is 0 Å². The molecule has 0 saturated carbocycles. The highest BCUT2D eigenvalue weighted by Crippen LogP contribution is 2.37. The van der Waals surface area contributed by atoms with Gasteiger partial charge in [-0.1, -0.05) is 64.5 Å². The van der Waals surface area contributed by atoms with Gasteiger partial charge >= 0.3 is 0 Å². The smallest absolute Gasteiger partial charge is 0.272 e. The van der Waals surface area contributed by atoms with E-state index in [1.165, 1.54) is 24.1 Å². The van der Waals surface area contributed by atoms with Crippen LogP contribution in [0.15, 0.2) is 147 Å². The Labute approximate surface area is 261 Å². The van der Waals surface area contributed by atoms with E-state index >= 15 is 0 Å². The van der Waals surface area contributed by atoms with Gasteiger partial charge in [0.25, 0.3) is 11.8 Å². The van der Waals surface area contributed by atoms with Crippen molar-refractivity contribution < 1.29 is 18.8 Å². The van der Waals surface area contributed by atoms with Crippen molar-refractivity contribution in [2.75, 3.05) is 10.6 Å². The van der Waals surface area contributed by atoms with Gasteiger partial charge in [-0.2, -0.15) is 0 Å². The lowest BCUT2D eigenvalue weighted by molar-refractivity contribution is -0.116. The Morgan fingerprint density at radius 2 is 1.35 bits per heavy atom. The standard InChI is InChI=1S/C34H26BrN3O4S/c35-25-13-15-26(16-14-25)37-34(41)31(23-8-3-1-4-9-23)43-29-19-17-27(18-20-29)36-33(40)30(22-28-12-7-21-42-28)38-32(39)24-10-5-2-6-11-24/h1-22,31H,(H,36,40)(H,37,41)(H,38,39)/b30-22-. The van der Waals surface area contributed by atoms with Crippen LogP contribution >= 0.6 is 27.7 Å². The number of nitrogens with one attached hydrogen (secondary N) is 3. The van der Waals surface area contributed by atoms with E-state index in [-0.39, 0.29) is 11.6 Å². The number of hydrogen-bond acceptors (Lipinski definition) is 5. The summed E-state index contributed by atoms with van der Waals surface area (Å²) in [6.45, 7) is 0. The van der Waals surface area contributed by atoms with Crippen LogP contribution in [-0.4, -0.2) is 17.7 Å². The second-order valence-corrected chi connectivity index (χ2v) is 11.4. The SMILES string of the molecule is O=C(Nc1ccc(SC(C(=O)Nc2ccc(Br)cc2)c2ccccc2)cc1)/C(=C/c1ccco1)NC(=O)c1ccccc1. The Kier molecular flexibility index (Phi) is 9.89. The first kappa shape index (κ1) is 29.6. The molecule has 1 aromatic heterocycles. The fraction of sp³-hybridized carbons (Fsp3) is 0.0294. The first-order chi connectivity index (χ1) is 20.9. The van der Waals surface area contributed by atoms with E-state index in [1.54, 1.807) is 48.5 Å². The lowest BCUT2D eigenvalue weighted by atomic mass is 10.1. The van der Waals surface area contributed by atoms with Gasteiger partial charge in [0, 0.05) is 32.4 Å². The Morgan fingerprint density at radius 1 is 0.721 bits per heavy atom. The van der Waals surface area contributed by atoms with Crippen molar-refractivity contribution in [3.8, 4) is 0 Å². The summed E-state index contributed by atoms with van der Waals surface area (Å²) in [6.07, 6.45) is 2.95. The van der Waals surface area contributed by atoms with E-state index in [0.717, 1.165) is 14.9 Å². The number of thioether (sulfide) groups is 1. The van der Waals surface area contributed by atoms with E-state index in [9.17, 15) is 14.4 Å². The molecule has 0 aliphatic carbocycles. The molecule has 0 spiro atoms. The highest BCUT2D eigenvalue weighted by atomic mass is 79.9. The van der Waals surface area contributed by atoms with Gasteiger partial charge in [0.15, 0.2) is 0 Å². The Hall–Kier alpha value is -4.86. The molecule has 4 aromatic carbocycles. The number of rotatable bonds is 10. The fourth-order valence-electron chi connectivity index (χ4n) is 4.05. The van der Waals surface area contributed by atoms with Crippen LogP contribution in [0.4, 0.5) is 11.4 Å². The molecule has 1 heterocycles. The van der Waals surface area contributed by atoms with Crippen molar-refractivity contribution in [1.29, 1.82) is 0 Å². The quantitative estimate of drug-likeness (QED) is 0.105. The summed E-state index contributed by atoms with van der Waals surface area (Å²) < 4.78 is 6.28. The molecule has 214 valence electrons. The second kappa shape index (κ2) is 14.4. The lowest BCUT2D eigenvalue weighted by Crippen LogP contribution is -2.30. The molecule has 0 fully saturated rings. The van der Waals surface area contributed by atoms with Crippen LogP contribution in [0, 0.1) is 0 Å². The number of halogens is 1. The molecule has 3 amide bonds. The van der Waals surface area contributed by atoms with Crippen molar-refractivity contribution in [2.45, 2.75) is 10.1 Å². The maximum Gasteiger partial charge on any atom is 0.272 e. The zero-order chi connectivity index (χ0) is 30.0. The molecule has 1 unspecified atom stereocenters. The van der Waals surface area contributed by atoms with Crippen LogP contribution in [0.25, 0.3) is 6.08 Å². The molecule has 0 aliphatic heterocycles. The molecule has 0 saturated heterocycles. The Balaban J connectivity index is 1.30. The summed E-state index contributed by atoms with van der Waals surface area (Å²) in [5.74, 6) is -0.679. The van der Waals surface area contributed by atoms with Crippen LogP contribution in [-0.2, 0) is 9.59 Å². The van der Waals surface area contributed by atoms with Gasteiger partial charge in [-0.3, -0.25) is 14.4 Å². The fourth-order valence-corrected chi connectivity index (χ4v) is 5.34. The molecule has 9 heteroatoms. The van der Waals surface area contributed by atoms with Crippen molar-refractivity contribution in [3.05, 3.63) is 155 Å². The minimum atomic E-state index is -0.517. The molecular formula is C34H26BrN3O4S. The maximum atomic E-state index is 13.4. The lowest BCUT2D eigenvalue weighted by Gasteiger charge is -2.17. The Bertz CT molecular complexity index is 1710. The van der Waals surface area contributed by atoms with Gasteiger partial charge in [-0.25, -0.2) is 0 Å². The highest BCUT2D eigenvalue weighted by molar-refractivity contribution is 9.10. The summed E-state index contributed by atoms with van der Waals surface area (Å²) in [7, 11) is 0. The molecule has 0 radical (unpaired) electrons. The van der Waals surface area contributed by atoms with Crippen molar-refractivity contribution in [3.63, 3.8) is 0 Å². The number of furan rings is 1. The first-order valence-corrected chi connectivity index (χ1v) is 14.9. The molecule has 1 atom stereocenters. The number of anilines is 2. The average molecular weight is 653 g/mol. The second-order valence-electron chi connectivity index (χ2n) is 9.28. The summed E-state index contributed by atoms with van der Waals surface area (Å²) in [6, 6.07) is 36.1. The first-order valence-electron chi connectivity index (χ1n) is 13.3. The molecule has 0 bridgehead atoms. The molecule has 5 rings (SSSR count). The van der Waals surface area contributed by atoms with Crippen LogP contribution in [0.5, 0.6) is 0 Å². The highest BCUT2D eigenvalue weighted by Gasteiger charge is 2.22. The van der Waals surface area contributed by atoms with E-state index in [2.05, 4.69) is 31.9 Å². The number of benzene rings is 4. The Morgan fingerprint density at radius 3 is 2.00 bits per heavy atom. The predicted molar refractivity (Wildman–Crippen MR) is 173 cm³/mol. The molecule has 43 heavy (non-hydrogen) atoms. The van der Waals surface area contributed by atoms with Crippen molar-refractivity contribution in [1.82, 2.24) is 5.32 Å². The summed E-state index contributed by atoms with van der Waals surface area (Å²) in [5.41, 5.74) is 2.52. The summed E-state index contributed by atoms with van der Waals surface area (Å²) >= 11 is 4.81. The van der Waals surface area contributed by atoms with E-state index < -0.39 is 17.1 Å². The maximum absolute atomic E-state index is 13.4. The largest absolute Gasteiger partial charge is 0.465 e. The average Bonchev–Trinajstić information content (AvgIpc) is 3.55. The van der Waals surface area contributed by atoms with Gasteiger partial charge in [-0.15, -0.1) is 11.8 Å². The predicted octanol–water partition coefficient (Wildman–Crippen LogP) is 7.92. The van der Waals surface area contributed by atoms with Gasteiger partial charge < -0.3 is 20.4 Å². The third-order valence-corrected chi connectivity index (χ3v) is 7.97. The molecule has 5 aromatic rings. The number of carbonyl (C=O) groups is 3. The van der Waals surface area contributed by atoms with Gasteiger partial charge in [0.2, 0.25) is 5.91 Å². The zero-order valence-corrected chi connectivity index (χ0v) is 25.1. The molecule has 3 N–H and O–H groups in total. The van der Waals surface area contributed by atoms with Crippen LogP contribution in [0.1, 0.15) is 26.9 Å². The third-order valence-electron chi connectivity index (χ3n) is 6.18. The third kappa shape index (κ3) is 8.34. The van der Waals surface area contributed by atoms with Crippen LogP contribution in [0.3, 0.4) is 0 Å². The summed E-state index contributed by atoms with van der Waals surface area (Å²) in [4.78, 5) is 40.2. The molecule has 0 aliphatic rings. The summed E-state index contributed by atoms with van der Waals surface area (Å²) in [5, 5.41) is 7.99. The minimum Gasteiger partial charge on any atom is -0.465 e. The van der Waals surface area contributed by atoms with Crippen LogP contribution in [0.2, 0.25) is 0 Å². The molecular weight excluding hydrogens is 626 g/mol. The van der Waals surface area contributed by atoms with Crippen LogP contribution < -0.4 is 16.0 Å². The van der Waals surface area contributed by atoms with E-state index in [4.69, 9.17) is 4.42 Å².